The third-order valence-corrected chi connectivity index (χ3v) is 3.41. The average molecular weight is 298 g/mol. The van der Waals surface area contributed by atoms with Gasteiger partial charge in [-0.05, 0) is 13.0 Å². The average Bonchev–Trinajstić information content (AvgIpc) is 2.59. The van der Waals surface area contributed by atoms with Crippen LogP contribution in [-0.4, -0.2) is 30.8 Å². The van der Waals surface area contributed by atoms with Crippen molar-refractivity contribution in [3.8, 4) is 5.88 Å². The van der Waals surface area contributed by atoms with Gasteiger partial charge in [0, 0.05) is 18.7 Å². The molecular weight excluding hydrogens is 280 g/mol. The number of benzene rings is 1. The molecule has 0 aliphatic carbocycles. The van der Waals surface area contributed by atoms with Crippen molar-refractivity contribution in [2.75, 3.05) is 19.1 Å². The van der Waals surface area contributed by atoms with Crippen LogP contribution in [0.3, 0.4) is 0 Å². The molecule has 1 amide bonds. The number of carbonyl (C=O) groups is 2. The molecule has 0 saturated carbocycles. The third kappa shape index (κ3) is 3.31. The predicted octanol–water partition coefficient (Wildman–Crippen LogP) is 2.57. The smallest absolute Gasteiger partial charge is 0.238 e. The van der Waals surface area contributed by atoms with Gasteiger partial charge in [-0.25, -0.2) is 0 Å². The molecule has 5 nitrogen and oxygen atoms in total. The maximum absolute atomic E-state index is 12.5. The van der Waals surface area contributed by atoms with E-state index < -0.39 is 5.92 Å². The van der Waals surface area contributed by atoms with E-state index in [2.05, 4.69) is 4.98 Å². The highest BCUT2D eigenvalue weighted by atomic mass is 16.5. The first-order chi connectivity index (χ1) is 10.5. The van der Waals surface area contributed by atoms with Crippen molar-refractivity contribution >= 4 is 17.5 Å². The van der Waals surface area contributed by atoms with Gasteiger partial charge < -0.3 is 4.74 Å². The Morgan fingerprint density at radius 2 is 1.77 bits per heavy atom. The number of aromatic nitrogens is 1. The van der Waals surface area contributed by atoms with Gasteiger partial charge >= 0.3 is 0 Å². The van der Waals surface area contributed by atoms with E-state index in [0.29, 0.717) is 17.3 Å². The van der Waals surface area contributed by atoms with Gasteiger partial charge in [-0.1, -0.05) is 36.4 Å². The fourth-order valence-corrected chi connectivity index (χ4v) is 2.07. The number of pyridine rings is 1. The van der Waals surface area contributed by atoms with Crippen LogP contribution in [0.15, 0.2) is 48.5 Å². The van der Waals surface area contributed by atoms with Crippen LogP contribution in [0.4, 0.5) is 5.82 Å². The molecule has 0 fully saturated rings. The zero-order valence-corrected chi connectivity index (χ0v) is 12.8. The Balaban J connectivity index is 2.17. The number of anilines is 1. The molecular formula is C17H18N2O3. The molecule has 22 heavy (non-hydrogen) atoms. The van der Waals surface area contributed by atoms with E-state index >= 15 is 0 Å². The van der Waals surface area contributed by atoms with E-state index in [1.165, 1.54) is 12.0 Å². The van der Waals surface area contributed by atoms with E-state index in [0.717, 1.165) is 0 Å². The number of nitrogens with zero attached hydrogens (tertiary/aromatic N) is 2. The summed E-state index contributed by atoms with van der Waals surface area (Å²) in [6.45, 7) is 1.61. The Morgan fingerprint density at radius 1 is 1.09 bits per heavy atom. The van der Waals surface area contributed by atoms with E-state index in [-0.39, 0.29) is 11.7 Å². The molecule has 0 radical (unpaired) electrons. The maximum Gasteiger partial charge on any atom is 0.238 e. The van der Waals surface area contributed by atoms with Gasteiger partial charge in [0.2, 0.25) is 11.8 Å². The number of carbonyl (C=O) groups excluding carboxylic acids is 2. The summed E-state index contributed by atoms with van der Waals surface area (Å²) in [6, 6.07) is 13.9. The lowest BCUT2D eigenvalue weighted by molar-refractivity contribution is -0.120. The molecule has 0 aliphatic rings. The largest absolute Gasteiger partial charge is 0.481 e. The molecule has 1 unspecified atom stereocenters. The summed E-state index contributed by atoms with van der Waals surface area (Å²) in [5, 5.41) is 0. The highest BCUT2D eigenvalue weighted by Gasteiger charge is 2.26. The lowest BCUT2D eigenvalue weighted by atomic mass is 9.98. The lowest BCUT2D eigenvalue weighted by Gasteiger charge is -2.20. The highest BCUT2D eigenvalue weighted by Crippen LogP contribution is 2.18. The van der Waals surface area contributed by atoms with Crippen LogP contribution in [0.5, 0.6) is 5.88 Å². The summed E-state index contributed by atoms with van der Waals surface area (Å²) in [7, 11) is 3.11. The van der Waals surface area contributed by atoms with Crippen molar-refractivity contribution in [3.63, 3.8) is 0 Å². The molecule has 1 heterocycles. The fourth-order valence-electron chi connectivity index (χ4n) is 2.07. The molecule has 0 saturated heterocycles. The van der Waals surface area contributed by atoms with Crippen molar-refractivity contribution in [2.45, 2.75) is 6.92 Å². The van der Waals surface area contributed by atoms with Gasteiger partial charge in [-0.3, -0.25) is 14.5 Å². The summed E-state index contributed by atoms with van der Waals surface area (Å²) in [5.41, 5.74) is 0.523. The lowest BCUT2D eigenvalue weighted by Crippen LogP contribution is -2.36. The second kappa shape index (κ2) is 6.85. The minimum atomic E-state index is -0.777. The summed E-state index contributed by atoms with van der Waals surface area (Å²) >= 11 is 0. The number of Topliss-reactive ketones (excluding diaryl/α,β-unsaturated/α-hetero) is 1. The molecule has 0 spiro atoms. The van der Waals surface area contributed by atoms with Crippen LogP contribution in [0, 0.1) is 5.92 Å². The summed E-state index contributed by atoms with van der Waals surface area (Å²) < 4.78 is 5.05. The molecule has 0 aliphatic heterocycles. The number of hydrogen-bond acceptors (Lipinski definition) is 4. The van der Waals surface area contributed by atoms with Gasteiger partial charge in [0.25, 0.3) is 0 Å². The standard InChI is InChI=1S/C17H18N2O3/c1-12(16(20)13-8-5-4-6-9-13)17(21)19(2)14-10-7-11-15(18-14)22-3/h4-12H,1-3H3. The fraction of sp³-hybridized carbons (Fsp3) is 0.235. The number of ether oxygens (including phenoxy) is 1. The van der Waals surface area contributed by atoms with Crippen molar-refractivity contribution < 1.29 is 14.3 Å². The number of methoxy groups -OCH3 is 1. The van der Waals surface area contributed by atoms with Gasteiger partial charge in [-0.15, -0.1) is 0 Å². The topological polar surface area (TPSA) is 59.5 Å². The van der Waals surface area contributed by atoms with Crippen molar-refractivity contribution in [1.29, 1.82) is 0 Å². The van der Waals surface area contributed by atoms with Crippen LogP contribution in [0.2, 0.25) is 0 Å². The van der Waals surface area contributed by atoms with E-state index in [9.17, 15) is 9.59 Å². The van der Waals surface area contributed by atoms with Crippen molar-refractivity contribution in [1.82, 2.24) is 4.98 Å². The molecule has 1 aromatic heterocycles. The van der Waals surface area contributed by atoms with Crippen molar-refractivity contribution in [3.05, 3.63) is 54.1 Å². The van der Waals surface area contributed by atoms with E-state index in [1.807, 2.05) is 6.07 Å². The quantitative estimate of drug-likeness (QED) is 0.629. The normalized spacial score (nSPS) is 11.6. The Hall–Kier alpha value is -2.69. The number of ketones is 1. The number of rotatable bonds is 5. The zero-order chi connectivity index (χ0) is 16.1. The SMILES string of the molecule is COc1cccc(N(C)C(=O)C(C)C(=O)c2ccccc2)n1. The Labute approximate surface area is 129 Å². The summed E-state index contributed by atoms with van der Waals surface area (Å²) in [5.74, 6) is -0.438. The second-order valence-electron chi connectivity index (χ2n) is 4.89. The first kappa shape index (κ1) is 15.7. The first-order valence-electron chi connectivity index (χ1n) is 6.92. The van der Waals surface area contributed by atoms with Crippen molar-refractivity contribution in [2.24, 2.45) is 5.92 Å². The molecule has 0 bridgehead atoms. The molecule has 5 heteroatoms. The predicted molar refractivity (Wildman–Crippen MR) is 84.1 cm³/mol. The molecule has 114 valence electrons. The van der Waals surface area contributed by atoms with Crippen LogP contribution >= 0.6 is 0 Å². The van der Waals surface area contributed by atoms with E-state index in [1.54, 1.807) is 56.4 Å². The maximum atomic E-state index is 12.5. The molecule has 2 aromatic rings. The summed E-state index contributed by atoms with van der Waals surface area (Å²) in [6.07, 6.45) is 0. The van der Waals surface area contributed by atoms with E-state index in [4.69, 9.17) is 4.74 Å². The van der Waals surface area contributed by atoms with Crippen LogP contribution in [0.1, 0.15) is 17.3 Å². The van der Waals surface area contributed by atoms with Gasteiger partial charge in [0.15, 0.2) is 5.78 Å². The minimum Gasteiger partial charge on any atom is -0.481 e. The third-order valence-electron chi connectivity index (χ3n) is 3.41. The monoisotopic (exact) mass is 298 g/mol. The Morgan fingerprint density at radius 3 is 2.41 bits per heavy atom. The highest BCUT2D eigenvalue weighted by molar-refractivity contribution is 6.13. The number of amides is 1. The van der Waals surface area contributed by atoms with Gasteiger partial charge in [0.1, 0.15) is 5.82 Å². The molecule has 0 N–H and O–H groups in total. The molecule has 2 rings (SSSR count). The Kier molecular flexibility index (Phi) is 4.88. The second-order valence-corrected chi connectivity index (χ2v) is 4.89. The molecule has 1 atom stereocenters. The zero-order valence-electron chi connectivity index (χ0n) is 12.8. The summed E-state index contributed by atoms with van der Waals surface area (Å²) in [4.78, 5) is 30.4. The Bertz CT molecular complexity index is 671. The van der Waals surface area contributed by atoms with Crippen LogP contribution in [-0.2, 0) is 4.79 Å². The molecule has 1 aromatic carbocycles. The van der Waals surface area contributed by atoms with Gasteiger partial charge in [0.05, 0.1) is 13.0 Å². The minimum absolute atomic E-state index is 0.208. The van der Waals surface area contributed by atoms with Crippen LogP contribution in [0.25, 0.3) is 0 Å². The van der Waals surface area contributed by atoms with Crippen LogP contribution < -0.4 is 9.64 Å². The number of hydrogen-bond donors (Lipinski definition) is 0. The first-order valence-corrected chi connectivity index (χ1v) is 6.92. The van der Waals surface area contributed by atoms with Gasteiger partial charge in [-0.2, -0.15) is 4.98 Å².